The molecule has 1 unspecified atom stereocenters. The summed E-state index contributed by atoms with van der Waals surface area (Å²) in [6, 6.07) is 54.9. The number of aryl methyl sites for hydroxylation is 1. The van der Waals surface area contributed by atoms with Crippen molar-refractivity contribution < 1.29 is 0 Å². The second-order valence-corrected chi connectivity index (χ2v) is 17.2. The largest absolute Gasteiger partial charge is 0.291 e. The summed E-state index contributed by atoms with van der Waals surface area (Å²) >= 11 is 0. The number of aromatic nitrogens is 4. The molecule has 4 heterocycles. The first-order chi connectivity index (χ1) is 28.7. The van der Waals surface area contributed by atoms with Crippen LogP contribution in [0, 0.1) is 18.8 Å². The maximum Gasteiger partial charge on any atom is 0.146 e. The Bertz CT molecular complexity index is 2790. The fourth-order valence-electron chi connectivity index (χ4n) is 9.47. The van der Waals surface area contributed by atoms with Crippen LogP contribution in [0.1, 0.15) is 91.0 Å². The van der Waals surface area contributed by atoms with Crippen LogP contribution in [0.25, 0.3) is 38.6 Å². The molecule has 2 atom stereocenters. The molecule has 292 valence electrons. The Kier molecular flexibility index (Phi) is 10.2. The van der Waals surface area contributed by atoms with E-state index in [1.165, 1.54) is 49.7 Å². The van der Waals surface area contributed by atoms with Crippen molar-refractivity contribution in [3.63, 3.8) is 0 Å². The summed E-state index contributed by atoms with van der Waals surface area (Å²) in [5.41, 5.74) is 14.5. The van der Waals surface area contributed by atoms with E-state index in [4.69, 9.17) is 15.0 Å². The highest BCUT2D eigenvalue weighted by Crippen LogP contribution is 2.46. The fraction of sp³-hybridized carbons (Fsp3) is 0.218. The summed E-state index contributed by atoms with van der Waals surface area (Å²) in [5.74, 6) is 0.722. The number of benzene rings is 5. The predicted octanol–water partition coefficient (Wildman–Crippen LogP) is 13.3. The van der Waals surface area contributed by atoms with Gasteiger partial charge in [0.15, 0.2) is 0 Å². The molecule has 0 amide bonds. The van der Waals surface area contributed by atoms with E-state index in [1.54, 1.807) is 0 Å². The van der Waals surface area contributed by atoms with Crippen LogP contribution in [0.15, 0.2) is 164 Å². The Balaban J connectivity index is 1.49. The molecular weight excluding hydrogens is 717 g/mol. The first-order valence-corrected chi connectivity index (χ1v) is 21.2. The van der Waals surface area contributed by atoms with E-state index in [2.05, 4.69) is 185 Å². The molecule has 0 bridgehead atoms. The van der Waals surface area contributed by atoms with E-state index in [1.807, 2.05) is 24.5 Å². The van der Waals surface area contributed by atoms with Crippen molar-refractivity contribution in [3.05, 3.63) is 215 Å². The number of rotatable bonds is 11. The molecule has 0 N–H and O–H groups in total. The molecule has 0 aliphatic heterocycles. The van der Waals surface area contributed by atoms with Crippen LogP contribution in [0.2, 0.25) is 0 Å². The maximum absolute atomic E-state index is 5.97. The van der Waals surface area contributed by atoms with Gasteiger partial charge in [-0.1, -0.05) is 143 Å². The summed E-state index contributed by atoms with van der Waals surface area (Å²) in [6.07, 6.45) is 5.74. The van der Waals surface area contributed by atoms with Crippen molar-refractivity contribution in [2.75, 3.05) is 0 Å². The van der Waals surface area contributed by atoms with Crippen LogP contribution >= 0.6 is 0 Å². The normalized spacial score (nSPS) is 13.4. The van der Waals surface area contributed by atoms with Crippen LogP contribution in [0.5, 0.6) is 0 Å². The third-order valence-corrected chi connectivity index (χ3v) is 12.2. The fourth-order valence-corrected chi connectivity index (χ4v) is 9.47. The summed E-state index contributed by atoms with van der Waals surface area (Å²) in [7, 11) is 0. The van der Waals surface area contributed by atoms with Crippen molar-refractivity contribution in [1.82, 2.24) is 19.4 Å². The molecule has 59 heavy (non-hydrogen) atoms. The van der Waals surface area contributed by atoms with Gasteiger partial charge in [0.1, 0.15) is 5.65 Å². The molecule has 0 aliphatic carbocycles. The SMILES string of the molecule is Cc1cccc2c1c1ccc(C(C)(c3ccccc3)c3ccccn3)cc1c1nc([C@@H](c3ccccc3)c3ccccn3)c(-c3c(CC(C)C)cccc3CC(C)C)n21. The van der Waals surface area contributed by atoms with Crippen LogP contribution in [0.3, 0.4) is 0 Å². The molecule has 0 radical (unpaired) electrons. The Morgan fingerprint density at radius 1 is 0.593 bits per heavy atom. The highest BCUT2D eigenvalue weighted by molar-refractivity contribution is 6.14. The topological polar surface area (TPSA) is 43.1 Å². The lowest BCUT2D eigenvalue weighted by atomic mass is 9.73. The Labute approximate surface area is 348 Å². The Hall–Kier alpha value is -6.39. The first-order valence-electron chi connectivity index (χ1n) is 21.2. The number of hydrogen-bond donors (Lipinski definition) is 0. The summed E-state index contributed by atoms with van der Waals surface area (Å²) < 4.78 is 2.52. The molecule has 9 aromatic rings. The first kappa shape index (κ1) is 38.1. The van der Waals surface area contributed by atoms with E-state index < -0.39 is 5.41 Å². The minimum atomic E-state index is -0.526. The number of hydrogen-bond acceptors (Lipinski definition) is 3. The van der Waals surface area contributed by atoms with Gasteiger partial charge in [0.05, 0.1) is 39.6 Å². The molecule has 0 saturated carbocycles. The lowest BCUT2D eigenvalue weighted by Gasteiger charge is -2.31. The lowest BCUT2D eigenvalue weighted by Crippen LogP contribution is -2.26. The second-order valence-electron chi connectivity index (χ2n) is 17.2. The van der Waals surface area contributed by atoms with Gasteiger partial charge < -0.3 is 0 Å². The predicted molar refractivity (Wildman–Crippen MR) is 245 cm³/mol. The van der Waals surface area contributed by atoms with Crippen molar-refractivity contribution in [3.8, 4) is 11.3 Å². The summed E-state index contributed by atoms with van der Waals surface area (Å²) in [6.45, 7) is 13.9. The van der Waals surface area contributed by atoms with Crippen molar-refractivity contribution >= 4 is 27.3 Å². The Morgan fingerprint density at radius 2 is 1.24 bits per heavy atom. The van der Waals surface area contributed by atoms with Gasteiger partial charge >= 0.3 is 0 Å². The molecule has 0 aliphatic rings. The number of pyridine rings is 3. The zero-order valence-electron chi connectivity index (χ0n) is 35.0. The number of imidazole rings is 1. The average molecular weight is 769 g/mol. The highest BCUT2D eigenvalue weighted by Gasteiger charge is 2.35. The van der Waals surface area contributed by atoms with Crippen LogP contribution in [-0.2, 0) is 18.3 Å². The van der Waals surface area contributed by atoms with Crippen molar-refractivity contribution in [1.29, 1.82) is 0 Å². The molecule has 5 aromatic carbocycles. The van der Waals surface area contributed by atoms with Gasteiger partial charge in [-0.3, -0.25) is 14.4 Å². The van der Waals surface area contributed by atoms with E-state index in [0.29, 0.717) is 11.8 Å². The number of fused-ring (bicyclic) bond motifs is 6. The molecular formula is C55H52N4. The second kappa shape index (κ2) is 15.8. The maximum atomic E-state index is 5.97. The molecule has 9 rings (SSSR count). The minimum Gasteiger partial charge on any atom is -0.291 e. The molecule has 4 aromatic heterocycles. The van der Waals surface area contributed by atoms with Crippen molar-refractivity contribution in [2.24, 2.45) is 11.8 Å². The van der Waals surface area contributed by atoms with Crippen molar-refractivity contribution in [2.45, 2.75) is 65.7 Å². The molecule has 0 fully saturated rings. The molecule has 0 saturated heterocycles. The molecule has 4 heteroatoms. The van der Waals surface area contributed by atoms with Gasteiger partial charge in [0.2, 0.25) is 0 Å². The van der Waals surface area contributed by atoms with Crippen LogP contribution in [-0.4, -0.2) is 19.4 Å². The number of nitrogens with zero attached hydrogens (tertiary/aromatic N) is 4. The highest BCUT2D eigenvalue weighted by atomic mass is 15.0. The van der Waals surface area contributed by atoms with Gasteiger partial charge in [0, 0.05) is 28.7 Å². The standard InChI is InChI=1S/C55H52N4/c1-36(2)33-40-22-18-23-41(34-37(3)4)50(40)53-52(51(39-20-9-7-10-21-39)46-26-13-15-31-56-46)58-54-45-35-43(29-30-44(45)49-38(5)19-17-27-47(49)59(53)54)55(6,42-24-11-8-12-25-42)48-28-14-16-32-57-48/h7-32,35-37,51H,33-34H2,1-6H3/t51-,55?/m0/s1. The van der Waals surface area contributed by atoms with E-state index in [-0.39, 0.29) is 5.92 Å². The zero-order chi connectivity index (χ0) is 40.7. The third-order valence-electron chi connectivity index (χ3n) is 12.2. The summed E-state index contributed by atoms with van der Waals surface area (Å²) in [4.78, 5) is 16.0. The average Bonchev–Trinajstić information content (AvgIpc) is 3.64. The molecule has 0 spiro atoms. The van der Waals surface area contributed by atoms with E-state index in [0.717, 1.165) is 52.2 Å². The molecule has 4 nitrogen and oxygen atoms in total. The van der Waals surface area contributed by atoms with E-state index >= 15 is 0 Å². The van der Waals surface area contributed by atoms with Gasteiger partial charge in [0.25, 0.3) is 0 Å². The van der Waals surface area contributed by atoms with Crippen LogP contribution < -0.4 is 0 Å². The third kappa shape index (κ3) is 6.81. The van der Waals surface area contributed by atoms with Gasteiger partial charge in [-0.05, 0) is 114 Å². The lowest BCUT2D eigenvalue weighted by molar-refractivity contribution is 0.637. The van der Waals surface area contributed by atoms with Gasteiger partial charge in [-0.2, -0.15) is 0 Å². The van der Waals surface area contributed by atoms with E-state index in [9.17, 15) is 0 Å². The monoisotopic (exact) mass is 768 g/mol. The zero-order valence-corrected chi connectivity index (χ0v) is 35.0. The Morgan fingerprint density at radius 3 is 1.88 bits per heavy atom. The van der Waals surface area contributed by atoms with Gasteiger partial charge in [-0.25, -0.2) is 4.98 Å². The van der Waals surface area contributed by atoms with Crippen LogP contribution in [0.4, 0.5) is 0 Å². The summed E-state index contributed by atoms with van der Waals surface area (Å²) in [5, 5.41) is 3.56. The smallest absolute Gasteiger partial charge is 0.146 e. The minimum absolute atomic E-state index is 0.215. The van der Waals surface area contributed by atoms with Gasteiger partial charge in [-0.15, -0.1) is 0 Å². The quantitative estimate of drug-likeness (QED) is 0.123.